The monoisotopic (exact) mass is 331 g/mol. The number of carbonyl (C=O) groups excluding carboxylic acids is 2. The van der Waals surface area contributed by atoms with Crippen molar-refractivity contribution >= 4 is 22.3 Å². The normalized spacial score (nSPS) is 12.7. The Bertz CT molecular complexity index is 301. The van der Waals surface area contributed by atoms with Crippen molar-refractivity contribution in [3.63, 3.8) is 0 Å². The van der Waals surface area contributed by atoms with E-state index in [2.05, 4.69) is 0 Å². The van der Waals surface area contributed by atoms with E-state index in [4.69, 9.17) is 27.7 Å². The number of rotatable bonds is 3. The van der Waals surface area contributed by atoms with Crippen LogP contribution in [0.2, 0.25) is 0 Å². The van der Waals surface area contributed by atoms with Crippen LogP contribution in [0.3, 0.4) is 0 Å². The number of carboxylic acid groups (broad SMARTS) is 2. The van der Waals surface area contributed by atoms with Crippen molar-refractivity contribution in [2.75, 3.05) is 0 Å². The summed E-state index contributed by atoms with van der Waals surface area (Å²) in [5.41, 5.74) is 0. The topological polar surface area (TPSA) is 198 Å². The zero-order valence-electron chi connectivity index (χ0n) is 8.06. The second kappa shape index (κ2) is 11.3. The summed E-state index contributed by atoms with van der Waals surface area (Å²) in [6.45, 7) is 0. The van der Waals surface area contributed by atoms with Crippen molar-refractivity contribution in [2.24, 2.45) is 0 Å². The first-order valence-electron chi connectivity index (χ1n) is 2.93. The van der Waals surface area contributed by atoms with Crippen LogP contribution in [0.5, 0.6) is 0 Å². The molecule has 0 aromatic carbocycles. The Hall–Kier alpha value is 0.249. The van der Waals surface area contributed by atoms with E-state index in [9.17, 15) is 19.8 Å². The number of carbonyl (C=O) groups is 2. The fourth-order valence-electron chi connectivity index (χ4n) is 0.258. The van der Waals surface area contributed by atoms with Gasteiger partial charge in [-0.05, 0) is 0 Å². The molecule has 0 aromatic rings. The van der Waals surface area contributed by atoms with E-state index in [1.54, 1.807) is 0 Å². The molecular formula is C4H5CuNaO10S. The van der Waals surface area contributed by atoms with Gasteiger partial charge in [-0.3, -0.25) is 4.55 Å². The van der Waals surface area contributed by atoms with Gasteiger partial charge in [-0.25, -0.2) is 8.42 Å². The summed E-state index contributed by atoms with van der Waals surface area (Å²) in [6.07, 6.45) is -4.88. The van der Waals surface area contributed by atoms with Crippen LogP contribution in [0.4, 0.5) is 0 Å². The minimum atomic E-state index is -4.92. The van der Waals surface area contributed by atoms with Crippen molar-refractivity contribution < 1.29 is 94.2 Å². The summed E-state index contributed by atoms with van der Waals surface area (Å²) in [5, 5.41) is 35.7. The molecule has 10 nitrogen and oxygen atoms in total. The smallest absolute Gasteiger partial charge is 0.726 e. The molecule has 0 aliphatic rings. The fourth-order valence-corrected chi connectivity index (χ4v) is 0.258. The van der Waals surface area contributed by atoms with E-state index in [1.807, 2.05) is 0 Å². The Morgan fingerprint density at radius 3 is 1.18 bits per heavy atom. The van der Waals surface area contributed by atoms with Crippen LogP contribution < -0.4 is 39.8 Å². The summed E-state index contributed by atoms with van der Waals surface area (Å²) >= 11 is 0. The molecule has 99 valence electrons. The molecule has 17 heavy (non-hydrogen) atoms. The van der Waals surface area contributed by atoms with Crippen LogP contribution in [-0.2, 0) is 37.1 Å². The van der Waals surface area contributed by atoms with Gasteiger partial charge in [0.05, 0.1) is 11.9 Å². The van der Waals surface area contributed by atoms with E-state index in [0.29, 0.717) is 0 Å². The average molecular weight is 332 g/mol. The molecule has 0 saturated carbocycles. The molecule has 2 atom stereocenters. The van der Waals surface area contributed by atoms with E-state index in [0.717, 1.165) is 0 Å². The van der Waals surface area contributed by atoms with Gasteiger partial charge in [0.2, 0.25) is 10.4 Å². The van der Waals surface area contributed by atoms with Gasteiger partial charge in [-0.2, -0.15) is 0 Å². The number of aliphatic hydroxyl groups is 2. The third kappa shape index (κ3) is 22.0. The van der Waals surface area contributed by atoms with Crippen LogP contribution in [0.15, 0.2) is 0 Å². The van der Waals surface area contributed by atoms with Crippen molar-refractivity contribution in [1.29, 1.82) is 0 Å². The molecule has 0 spiro atoms. The molecular weight excluding hydrogens is 327 g/mol. The van der Waals surface area contributed by atoms with Crippen LogP contribution in [0, 0.1) is 0 Å². The molecule has 0 saturated heterocycles. The third-order valence-electron chi connectivity index (χ3n) is 0.782. The SMILES string of the molecule is O=C([O-])C(O)C(O)C(=O)[O-].O=S(=O)([O-])O.[Cu+2].[Na+]. The quantitative estimate of drug-likeness (QED) is 0.253. The molecule has 0 aliphatic heterocycles. The van der Waals surface area contributed by atoms with Crippen LogP contribution in [-0.4, -0.2) is 51.9 Å². The van der Waals surface area contributed by atoms with Crippen molar-refractivity contribution in [3.8, 4) is 0 Å². The average Bonchev–Trinajstić information content (AvgIpc) is 1.98. The zero-order valence-corrected chi connectivity index (χ0v) is 11.8. The first-order chi connectivity index (χ1) is 6.46. The van der Waals surface area contributed by atoms with Crippen LogP contribution in [0.25, 0.3) is 0 Å². The van der Waals surface area contributed by atoms with Gasteiger partial charge in [-0.15, -0.1) is 0 Å². The standard InChI is InChI=1S/C4H6O6.Cu.Na.H2O4S/c5-1(3(7)8)2(6)4(9)10;;;1-5(2,3)4/h1-2,5-6H,(H,7,8)(H,9,10);;;(H2,1,2,3,4)/q;+2;+1;/p-3. The summed E-state index contributed by atoms with van der Waals surface area (Å²) < 4.78 is 32.8. The van der Waals surface area contributed by atoms with Gasteiger partial charge in [0.25, 0.3) is 0 Å². The minimum Gasteiger partial charge on any atom is -0.726 e. The number of aliphatic carboxylic acids is 2. The summed E-state index contributed by atoms with van der Waals surface area (Å²) in [5.74, 6) is -4.12. The molecule has 13 heteroatoms. The molecule has 0 fully saturated rings. The second-order valence-electron chi connectivity index (χ2n) is 1.96. The van der Waals surface area contributed by atoms with Crippen molar-refractivity contribution in [1.82, 2.24) is 0 Å². The largest absolute Gasteiger partial charge is 2.00 e. The maximum atomic E-state index is 9.63. The minimum absolute atomic E-state index is 0. The van der Waals surface area contributed by atoms with Gasteiger partial charge < -0.3 is 34.6 Å². The van der Waals surface area contributed by atoms with E-state index in [1.165, 1.54) is 0 Å². The molecule has 2 unspecified atom stereocenters. The number of hydrogen-bond donors (Lipinski definition) is 3. The molecule has 0 bridgehead atoms. The summed E-state index contributed by atoms with van der Waals surface area (Å²) in [6, 6.07) is 0. The molecule has 0 aliphatic carbocycles. The molecule has 3 N–H and O–H groups in total. The number of aliphatic hydroxyl groups excluding tert-OH is 2. The number of hydrogen-bond acceptors (Lipinski definition) is 9. The maximum absolute atomic E-state index is 9.63. The van der Waals surface area contributed by atoms with Gasteiger partial charge in [-0.1, -0.05) is 0 Å². The Morgan fingerprint density at radius 2 is 1.12 bits per heavy atom. The maximum Gasteiger partial charge on any atom is 2.00 e. The van der Waals surface area contributed by atoms with Crippen LogP contribution in [0.1, 0.15) is 0 Å². The molecule has 0 heterocycles. The van der Waals surface area contributed by atoms with Crippen molar-refractivity contribution in [3.05, 3.63) is 0 Å². The molecule has 1 radical (unpaired) electrons. The molecule has 0 amide bonds. The number of carboxylic acids is 2. The molecule has 0 aromatic heterocycles. The summed E-state index contributed by atoms with van der Waals surface area (Å²) in [4.78, 5) is 19.3. The van der Waals surface area contributed by atoms with Gasteiger partial charge in [0.1, 0.15) is 12.2 Å². The zero-order chi connectivity index (χ0) is 12.8. The van der Waals surface area contributed by atoms with E-state index in [-0.39, 0.29) is 46.6 Å². The fraction of sp³-hybridized carbons (Fsp3) is 0.500. The van der Waals surface area contributed by atoms with Gasteiger partial charge in [0, 0.05) is 0 Å². The van der Waals surface area contributed by atoms with Crippen molar-refractivity contribution in [2.45, 2.75) is 12.2 Å². The first-order valence-corrected chi connectivity index (χ1v) is 4.29. The van der Waals surface area contributed by atoms with E-state index < -0.39 is 34.5 Å². The van der Waals surface area contributed by atoms with E-state index >= 15 is 0 Å². The van der Waals surface area contributed by atoms with Crippen LogP contribution >= 0.6 is 0 Å². The Morgan fingerprint density at radius 1 is 1.00 bits per heavy atom. The Labute approximate surface area is 128 Å². The Balaban J connectivity index is -0.000000105. The summed E-state index contributed by atoms with van der Waals surface area (Å²) in [7, 11) is -4.92. The van der Waals surface area contributed by atoms with Gasteiger partial charge >= 0.3 is 46.6 Å². The van der Waals surface area contributed by atoms with Gasteiger partial charge in [0.15, 0.2) is 0 Å². The Kier molecular flexibility index (Phi) is 17.3. The first kappa shape index (κ1) is 25.9. The molecule has 0 rings (SSSR count). The third-order valence-corrected chi connectivity index (χ3v) is 0.782. The second-order valence-corrected chi connectivity index (χ2v) is 2.81. The predicted molar refractivity (Wildman–Crippen MR) is 34.4 cm³/mol. The predicted octanol–water partition coefficient (Wildman–Crippen LogP) is -8.79.